The predicted molar refractivity (Wildman–Crippen MR) is 68.5 cm³/mol. The Kier molecular flexibility index (Phi) is 5.82. The molecule has 2 N–H and O–H groups in total. The Balaban J connectivity index is 2.79. The molecule has 0 bridgehead atoms. The lowest BCUT2D eigenvalue weighted by molar-refractivity contribution is -0.167. The SMILES string of the molecule is CCC(Cc1ccccc1)(OCCCO)C(=O)O. The third-order valence-corrected chi connectivity index (χ3v) is 2.97. The van der Waals surface area contributed by atoms with E-state index in [0.29, 0.717) is 19.3 Å². The molecule has 1 unspecified atom stereocenters. The van der Waals surface area contributed by atoms with E-state index < -0.39 is 11.6 Å². The Morgan fingerprint density at radius 3 is 2.50 bits per heavy atom. The molecule has 1 atom stereocenters. The van der Waals surface area contributed by atoms with Crippen molar-refractivity contribution >= 4 is 5.97 Å². The minimum atomic E-state index is -1.20. The highest BCUT2D eigenvalue weighted by molar-refractivity contribution is 5.77. The summed E-state index contributed by atoms with van der Waals surface area (Å²) in [6.07, 6.45) is 1.18. The van der Waals surface area contributed by atoms with Crippen molar-refractivity contribution in [2.24, 2.45) is 0 Å². The van der Waals surface area contributed by atoms with Crippen LogP contribution in [0.5, 0.6) is 0 Å². The summed E-state index contributed by atoms with van der Waals surface area (Å²) in [5.74, 6) is -0.952. The molecule has 1 rings (SSSR count). The molecule has 1 aromatic rings. The summed E-state index contributed by atoms with van der Waals surface area (Å²) >= 11 is 0. The fraction of sp³-hybridized carbons (Fsp3) is 0.500. The third kappa shape index (κ3) is 3.82. The molecule has 0 spiro atoms. The zero-order valence-electron chi connectivity index (χ0n) is 10.6. The highest BCUT2D eigenvalue weighted by Gasteiger charge is 2.37. The molecule has 4 heteroatoms. The van der Waals surface area contributed by atoms with Gasteiger partial charge in [0.05, 0.1) is 6.61 Å². The van der Waals surface area contributed by atoms with E-state index in [2.05, 4.69) is 0 Å². The van der Waals surface area contributed by atoms with Crippen LogP contribution >= 0.6 is 0 Å². The predicted octanol–water partition coefficient (Wildman–Crippen LogP) is 1.86. The van der Waals surface area contributed by atoms with Crippen molar-refractivity contribution in [1.82, 2.24) is 0 Å². The van der Waals surface area contributed by atoms with Gasteiger partial charge in [0.25, 0.3) is 0 Å². The van der Waals surface area contributed by atoms with Crippen molar-refractivity contribution in [2.45, 2.75) is 31.8 Å². The van der Waals surface area contributed by atoms with Crippen LogP contribution in [-0.4, -0.2) is 35.0 Å². The van der Waals surface area contributed by atoms with Gasteiger partial charge in [-0.15, -0.1) is 0 Å². The van der Waals surface area contributed by atoms with Gasteiger partial charge >= 0.3 is 5.97 Å². The van der Waals surface area contributed by atoms with Gasteiger partial charge in [-0.05, 0) is 18.4 Å². The fourth-order valence-electron chi connectivity index (χ4n) is 1.82. The Morgan fingerprint density at radius 2 is 2.00 bits per heavy atom. The first-order valence-corrected chi connectivity index (χ1v) is 6.17. The van der Waals surface area contributed by atoms with E-state index in [9.17, 15) is 9.90 Å². The summed E-state index contributed by atoms with van der Waals surface area (Å²) in [4.78, 5) is 11.5. The number of rotatable bonds is 8. The largest absolute Gasteiger partial charge is 0.479 e. The number of aliphatic carboxylic acids is 1. The molecule has 4 nitrogen and oxygen atoms in total. The number of aliphatic hydroxyl groups excluding tert-OH is 1. The quantitative estimate of drug-likeness (QED) is 0.693. The maximum Gasteiger partial charge on any atom is 0.336 e. The van der Waals surface area contributed by atoms with Crippen molar-refractivity contribution in [3.63, 3.8) is 0 Å². The number of carbonyl (C=O) groups is 1. The number of carboxylic acid groups (broad SMARTS) is 1. The smallest absolute Gasteiger partial charge is 0.336 e. The molecule has 0 saturated carbocycles. The van der Waals surface area contributed by atoms with Crippen molar-refractivity contribution in [1.29, 1.82) is 0 Å². The molecule has 18 heavy (non-hydrogen) atoms. The average Bonchev–Trinajstić information content (AvgIpc) is 2.38. The van der Waals surface area contributed by atoms with E-state index in [1.807, 2.05) is 30.3 Å². The molecule has 100 valence electrons. The first-order chi connectivity index (χ1) is 8.64. The topological polar surface area (TPSA) is 66.8 Å². The molecule has 0 aromatic heterocycles. The Hall–Kier alpha value is -1.39. The van der Waals surface area contributed by atoms with E-state index in [1.165, 1.54) is 0 Å². The second kappa shape index (κ2) is 7.13. The van der Waals surface area contributed by atoms with E-state index in [0.717, 1.165) is 5.56 Å². The molecule has 0 heterocycles. The molecule has 0 amide bonds. The first-order valence-electron chi connectivity index (χ1n) is 6.17. The van der Waals surface area contributed by atoms with Gasteiger partial charge in [0.15, 0.2) is 5.60 Å². The normalized spacial score (nSPS) is 14.1. The third-order valence-electron chi connectivity index (χ3n) is 2.97. The summed E-state index contributed by atoms with van der Waals surface area (Å²) in [6, 6.07) is 9.44. The zero-order valence-corrected chi connectivity index (χ0v) is 10.6. The van der Waals surface area contributed by atoms with Crippen LogP contribution in [0.15, 0.2) is 30.3 Å². The van der Waals surface area contributed by atoms with Crippen LogP contribution in [0.3, 0.4) is 0 Å². The number of benzene rings is 1. The van der Waals surface area contributed by atoms with Gasteiger partial charge in [0.1, 0.15) is 0 Å². The van der Waals surface area contributed by atoms with Gasteiger partial charge in [0.2, 0.25) is 0 Å². The van der Waals surface area contributed by atoms with Crippen molar-refractivity contribution in [3.8, 4) is 0 Å². The van der Waals surface area contributed by atoms with Crippen LogP contribution in [0.4, 0.5) is 0 Å². The molecule has 0 aliphatic heterocycles. The van der Waals surface area contributed by atoms with Crippen LogP contribution < -0.4 is 0 Å². The maximum absolute atomic E-state index is 11.5. The lowest BCUT2D eigenvalue weighted by Gasteiger charge is -2.28. The van der Waals surface area contributed by atoms with Gasteiger partial charge in [-0.25, -0.2) is 4.79 Å². The van der Waals surface area contributed by atoms with Crippen LogP contribution in [0.25, 0.3) is 0 Å². The molecule has 0 saturated heterocycles. The van der Waals surface area contributed by atoms with Gasteiger partial charge < -0.3 is 14.9 Å². The fourth-order valence-corrected chi connectivity index (χ4v) is 1.82. The van der Waals surface area contributed by atoms with E-state index in [-0.39, 0.29) is 13.2 Å². The summed E-state index contributed by atoms with van der Waals surface area (Å²) in [6.45, 7) is 2.06. The van der Waals surface area contributed by atoms with Crippen molar-refractivity contribution < 1.29 is 19.7 Å². The minimum absolute atomic E-state index is 0.00471. The number of carboxylic acids is 1. The Labute approximate surface area is 107 Å². The Morgan fingerprint density at radius 1 is 1.33 bits per heavy atom. The van der Waals surface area contributed by atoms with Crippen molar-refractivity contribution in [3.05, 3.63) is 35.9 Å². The van der Waals surface area contributed by atoms with E-state index >= 15 is 0 Å². The monoisotopic (exact) mass is 252 g/mol. The first kappa shape index (κ1) is 14.7. The van der Waals surface area contributed by atoms with E-state index in [1.54, 1.807) is 6.92 Å². The van der Waals surface area contributed by atoms with Crippen molar-refractivity contribution in [2.75, 3.05) is 13.2 Å². The lowest BCUT2D eigenvalue weighted by Crippen LogP contribution is -2.43. The minimum Gasteiger partial charge on any atom is -0.479 e. The number of hydrogen-bond acceptors (Lipinski definition) is 3. The van der Waals surface area contributed by atoms with Gasteiger partial charge in [-0.1, -0.05) is 37.3 Å². The van der Waals surface area contributed by atoms with Gasteiger partial charge in [-0.3, -0.25) is 0 Å². The number of ether oxygens (including phenoxy) is 1. The van der Waals surface area contributed by atoms with E-state index in [4.69, 9.17) is 9.84 Å². The van der Waals surface area contributed by atoms with Gasteiger partial charge in [0, 0.05) is 13.0 Å². The maximum atomic E-state index is 11.5. The van der Waals surface area contributed by atoms with Crippen LogP contribution in [0.2, 0.25) is 0 Å². The summed E-state index contributed by atoms with van der Waals surface area (Å²) < 4.78 is 5.53. The molecule has 0 aliphatic carbocycles. The Bertz CT molecular complexity index is 363. The standard InChI is InChI=1S/C14H20O4/c1-2-14(13(16)17,18-10-6-9-15)11-12-7-4-3-5-8-12/h3-5,7-8,15H,2,6,9-11H2,1H3,(H,16,17). The second-order valence-electron chi connectivity index (χ2n) is 4.24. The molecule has 1 aromatic carbocycles. The zero-order chi connectivity index (χ0) is 13.4. The molecular formula is C14H20O4. The summed E-state index contributed by atoms with van der Waals surface area (Å²) in [5, 5.41) is 18.1. The second-order valence-corrected chi connectivity index (χ2v) is 4.24. The number of hydrogen-bond donors (Lipinski definition) is 2. The van der Waals surface area contributed by atoms with Crippen LogP contribution in [0.1, 0.15) is 25.3 Å². The number of aliphatic hydroxyl groups is 1. The molecular weight excluding hydrogens is 232 g/mol. The summed E-state index contributed by atoms with van der Waals surface area (Å²) in [7, 11) is 0. The lowest BCUT2D eigenvalue weighted by atomic mass is 9.91. The van der Waals surface area contributed by atoms with Crippen LogP contribution in [-0.2, 0) is 16.0 Å². The molecule has 0 fully saturated rings. The average molecular weight is 252 g/mol. The molecule has 0 aliphatic rings. The highest BCUT2D eigenvalue weighted by atomic mass is 16.5. The highest BCUT2D eigenvalue weighted by Crippen LogP contribution is 2.23. The summed E-state index contributed by atoms with van der Waals surface area (Å²) in [5.41, 5.74) is -0.262. The van der Waals surface area contributed by atoms with Crippen LogP contribution in [0, 0.1) is 0 Å². The van der Waals surface area contributed by atoms with Gasteiger partial charge in [-0.2, -0.15) is 0 Å². The molecule has 0 radical (unpaired) electrons.